The molecule has 1 aromatic carbocycles. The Labute approximate surface area is 129 Å². The molecule has 23 heavy (non-hydrogen) atoms. The number of pyridine rings is 1. The number of benzene rings is 1. The van der Waals surface area contributed by atoms with Gasteiger partial charge in [-0.05, 0) is 18.2 Å². The second kappa shape index (κ2) is 4.91. The molecule has 0 fully saturated rings. The Morgan fingerprint density at radius 1 is 1.30 bits per heavy atom. The van der Waals surface area contributed by atoms with E-state index in [1.165, 1.54) is 23.8 Å². The van der Waals surface area contributed by atoms with Crippen LogP contribution in [-0.2, 0) is 0 Å². The van der Waals surface area contributed by atoms with Crippen LogP contribution in [-0.4, -0.2) is 26.5 Å². The minimum atomic E-state index is -0.466. The fraction of sp³-hybridized carbons (Fsp3) is 0.0625. The van der Waals surface area contributed by atoms with Gasteiger partial charge in [0, 0.05) is 30.2 Å². The third-order valence-electron chi connectivity index (χ3n) is 3.68. The van der Waals surface area contributed by atoms with E-state index in [9.17, 15) is 9.18 Å². The second-order valence-corrected chi connectivity index (χ2v) is 5.02. The van der Waals surface area contributed by atoms with Crippen LogP contribution in [0, 0.1) is 5.82 Å². The first-order valence-electron chi connectivity index (χ1n) is 6.86. The molecule has 0 aliphatic rings. The van der Waals surface area contributed by atoms with Crippen molar-refractivity contribution in [1.82, 2.24) is 19.4 Å². The monoisotopic (exact) mass is 310 g/mol. The number of halogens is 1. The van der Waals surface area contributed by atoms with Gasteiger partial charge in [0.2, 0.25) is 0 Å². The summed E-state index contributed by atoms with van der Waals surface area (Å²) in [4.78, 5) is 23.4. The number of fused-ring (bicyclic) bond motifs is 3. The van der Waals surface area contributed by atoms with Gasteiger partial charge in [0.1, 0.15) is 11.6 Å². The molecule has 4 rings (SSSR count). The summed E-state index contributed by atoms with van der Waals surface area (Å²) >= 11 is 0. The lowest BCUT2D eigenvalue weighted by Gasteiger charge is -2.02. The zero-order valence-corrected chi connectivity index (χ0v) is 12.1. The van der Waals surface area contributed by atoms with Crippen LogP contribution < -0.4 is 10.4 Å². The van der Waals surface area contributed by atoms with Gasteiger partial charge in [0.25, 0.3) is 0 Å². The zero-order valence-electron chi connectivity index (χ0n) is 12.1. The van der Waals surface area contributed by atoms with E-state index >= 15 is 0 Å². The molecule has 0 saturated heterocycles. The third-order valence-corrected chi connectivity index (χ3v) is 3.68. The molecule has 114 valence electrons. The van der Waals surface area contributed by atoms with Gasteiger partial charge in [-0.25, -0.2) is 14.2 Å². The van der Waals surface area contributed by atoms with E-state index in [1.807, 2.05) is 0 Å². The summed E-state index contributed by atoms with van der Waals surface area (Å²) in [5, 5.41) is 0.687. The number of aromatic nitrogens is 4. The molecule has 0 unspecified atom stereocenters. The Kier molecular flexibility index (Phi) is 2.87. The fourth-order valence-electron chi connectivity index (χ4n) is 2.54. The number of nitrogens with one attached hydrogen (secondary N) is 1. The maximum Gasteiger partial charge on any atom is 0.331 e. The smallest absolute Gasteiger partial charge is 0.331 e. The van der Waals surface area contributed by atoms with Crippen LogP contribution in [0.2, 0.25) is 0 Å². The van der Waals surface area contributed by atoms with Crippen LogP contribution in [0.5, 0.6) is 5.75 Å². The summed E-state index contributed by atoms with van der Waals surface area (Å²) in [5.74, 6) is -0.0471. The highest BCUT2D eigenvalue weighted by molar-refractivity contribution is 5.91. The number of H-pyrrole nitrogens is 1. The van der Waals surface area contributed by atoms with Gasteiger partial charge in [0.15, 0.2) is 5.65 Å². The van der Waals surface area contributed by atoms with Crippen LogP contribution >= 0.6 is 0 Å². The van der Waals surface area contributed by atoms with E-state index in [4.69, 9.17) is 4.74 Å². The number of hydrogen-bond donors (Lipinski definition) is 1. The summed E-state index contributed by atoms with van der Waals surface area (Å²) in [5.41, 5.74) is 1.39. The highest BCUT2D eigenvalue weighted by atomic mass is 19.1. The average Bonchev–Trinajstić information content (AvgIpc) is 3.00. The third kappa shape index (κ3) is 2.05. The molecule has 3 aromatic heterocycles. The molecule has 0 aliphatic heterocycles. The normalized spacial score (nSPS) is 11.2. The molecule has 0 spiro atoms. The maximum absolute atomic E-state index is 14.2. The summed E-state index contributed by atoms with van der Waals surface area (Å²) < 4.78 is 20.6. The molecular formula is C16H11FN4O2. The van der Waals surface area contributed by atoms with Gasteiger partial charge in [-0.2, -0.15) is 0 Å². The molecule has 0 amide bonds. The molecule has 1 N–H and O–H groups in total. The first kappa shape index (κ1) is 13.4. The molecule has 0 atom stereocenters. The number of rotatable bonds is 2. The van der Waals surface area contributed by atoms with Crippen molar-refractivity contribution in [3.05, 3.63) is 59.2 Å². The second-order valence-electron chi connectivity index (χ2n) is 5.02. The van der Waals surface area contributed by atoms with Crippen molar-refractivity contribution in [3.8, 4) is 17.0 Å². The molecule has 0 radical (unpaired) electrons. The van der Waals surface area contributed by atoms with Gasteiger partial charge in [0.05, 0.1) is 23.7 Å². The summed E-state index contributed by atoms with van der Waals surface area (Å²) in [6.07, 6.45) is 4.70. The Balaban J connectivity index is 2.01. The van der Waals surface area contributed by atoms with Crippen molar-refractivity contribution in [2.24, 2.45) is 0 Å². The SMILES string of the molecule is COc1ccc(-c2cn3c(=O)[nH]c4ccncc4c3n2)c(F)c1. The quantitative estimate of drug-likeness (QED) is 0.617. The van der Waals surface area contributed by atoms with Gasteiger partial charge >= 0.3 is 5.69 Å². The van der Waals surface area contributed by atoms with E-state index in [1.54, 1.807) is 30.6 Å². The van der Waals surface area contributed by atoms with E-state index in [2.05, 4.69) is 15.0 Å². The first-order valence-corrected chi connectivity index (χ1v) is 6.86. The largest absolute Gasteiger partial charge is 0.497 e. The zero-order chi connectivity index (χ0) is 16.0. The summed E-state index contributed by atoms with van der Waals surface area (Å²) in [7, 11) is 1.47. The average molecular weight is 310 g/mol. The predicted molar refractivity (Wildman–Crippen MR) is 83.1 cm³/mol. The minimum absolute atomic E-state index is 0.297. The van der Waals surface area contributed by atoms with Gasteiger partial charge < -0.3 is 9.72 Å². The molecular weight excluding hydrogens is 299 g/mol. The lowest BCUT2D eigenvalue weighted by molar-refractivity contribution is 0.411. The van der Waals surface area contributed by atoms with Gasteiger partial charge in [-0.3, -0.25) is 9.38 Å². The Morgan fingerprint density at radius 2 is 2.17 bits per heavy atom. The minimum Gasteiger partial charge on any atom is -0.497 e. The molecule has 6 nitrogen and oxygen atoms in total. The van der Waals surface area contributed by atoms with Crippen molar-refractivity contribution in [2.45, 2.75) is 0 Å². The number of methoxy groups -OCH3 is 1. The molecule has 7 heteroatoms. The van der Waals surface area contributed by atoms with Crippen molar-refractivity contribution < 1.29 is 9.13 Å². The summed E-state index contributed by atoms with van der Waals surface area (Å²) in [6, 6.07) is 6.19. The number of imidazole rings is 1. The Hall–Kier alpha value is -3.22. The van der Waals surface area contributed by atoms with Crippen molar-refractivity contribution in [1.29, 1.82) is 0 Å². The van der Waals surface area contributed by atoms with Crippen LogP contribution in [0.4, 0.5) is 4.39 Å². The number of nitrogens with zero attached hydrogens (tertiary/aromatic N) is 3. The molecule has 0 aliphatic carbocycles. The van der Waals surface area contributed by atoms with E-state index in [-0.39, 0.29) is 5.69 Å². The molecule has 0 saturated carbocycles. The Morgan fingerprint density at radius 3 is 2.96 bits per heavy atom. The predicted octanol–water partition coefficient (Wildman–Crippen LogP) is 2.39. The molecule has 0 bridgehead atoms. The summed E-state index contributed by atoms with van der Waals surface area (Å²) in [6.45, 7) is 0. The van der Waals surface area contributed by atoms with Crippen LogP contribution in [0.25, 0.3) is 27.8 Å². The highest BCUT2D eigenvalue weighted by Crippen LogP contribution is 2.26. The number of ether oxygens (including phenoxy) is 1. The van der Waals surface area contributed by atoms with Gasteiger partial charge in [-0.1, -0.05) is 0 Å². The van der Waals surface area contributed by atoms with Gasteiger partial charge in [-0.15, -0.1) is 0 Å². The lowest BCUT2D eigenvalue weighted by atomic mass is 10.1. The van der Waals surface area contributed by atoms with E-state index < -0.39 is 5.82 Å². The van der Waals surface area contributed by atoms with E-state index in [0.29, 0.717) is 33.6 Å². The number of aromatic amines is 1. The molecule has 4 aromatic rings. The highest BCUT2D eigenvalue weighted by Gasteiger charge is 2.14. The molecule has 3 heterocycles. The van der Waals surface area contributed by atoms with Crippen LogP contribution in [0.15, 0.2) is 47.7 Å². The first-order chi connectivity index (χ1) is 11.2. The Bertz CT molecular complexity index is 1100. The van der Waals surface area contributed by atoms with Crippen molar-refractivity contribution in [3.63, 3.8) is 0 Å². The standard InChI is InChI=1S/C16H11FN4O2/c1-23-9-2-3-10(12(17)6-9)14-8-21-15(19-14)11-7-18-5-4-13(11)20-16(21)22/h2-8H,1H3,(H,20,22). The van der Waals surface area contributed by atoms with E-state index in [0.717, 1.165) is 0 Å². The van der Waals surface area contributed by atoms with Crippen LogP contribution in [0.1, 0.15) is 0 Å². The maximum atomic E-state index is 14.2. The van der Waals surface area contributed by atoms with Crippen molar-refractivity contribution in [2.75, 3.05) is 7.11 Å². The fourth-order valence-corrected chi connectivity index (χ4v) is 2.54. The number of hydrogen-bond acceptors (Lipinski definition) is 4. The van der Waals surface area contributed by atoms with Crippen molar-refractivity contribution >= 4 is 16.6 Å². The van der Waals surface area contributed by atoms with Crippen LogP contribution in [0.3, 0.4) is 0 Å². The topological polar surface area (TPSA) is 72.3 Å². The lowest BCUT2D eigenvalue weighted by Crippen LogP contribution is -2.15.